The van der Waals surface area contributed by atoms with Gasteiger partial charge in [-0.15, -0.1) is 0 Å². The second-order valence-corrected chi connectivity index (χ2v) is 5.33. The minimum Gasteiger partial charge on any atom is -0.326 e. The van der Waals surface area contributed by atoms with Crippen molar-refractivity contribution in [1.82, 2.24) is 0 Å². The van der Waals surface area contributed by atoms with Crippen molar-refractivity contribution in [3.8, 4) is 0 Å². The van der Waals surface area contributed by atoms with E-state index in [1.165, 1.54) is 0 Å². The first-order chi connectivity index (χ1) is 9.11. The van der Waals surface area contributed by atoms with Crippen molar-refractivity contribution in [2.24, 2.45) is 5.92 Å². The van der Waals surface area contributed by atoms with Gasteiger partial charge < -0.3 is 5.32 Å². The van der Waals surface area contributed by atoms with Crippen LogP contribution >= 0.6 is 0 Å². The zero-order chi connectivity index (χ0) is 13.8. The van der Waals surface area contributed by atoms with Gasteiger partial charge in [-0.25, -0.2) is 0 Å². The molecule has 3 nitrogen and oxygen atoms in total. The first kappa shape index (κ1) is 13.8. The molecule has 0 radical (unpaired) electrons. The van der Waals surface area contributed by atoms with Crippen LogP contribution in [0.1, 0.15) is 55.5 Å². The third-order valence-corrected chi connectivity index (χ3v) is 3.72. The van der Waals surface area contributed by atoms with Gasteiger partial charge in [0.1, 0.15) is 0 Å². The van der Waals surface area contributed by atoms with E-state index in [0.29, 0.717) is 6.42 Å². The van der Waals surface area contributed by atoms with Crippen LogP contribution in [-0.4, -0.2) is 11.7 Å². The molecule has 19 heavy (non-hydrogen) atoms. The normalized spacial score (nSPS) is 15.6. The molecular formula is C16H21NO2. The lowest BCUT2D eigenvalue weighted by Gasteiger charge is -2.18. The number of ketones is 1. The summed E-state index contributed by atoms with van der Waals surface area (Å²) in [7, 11) is 0. The topological polar surface area (TPSA) is 46.2 Å². The number of hydrogen-bond donors (Lipinski definition) is 1. The summed E-state index contributed by atoms with van der Waals surface area (Å²) < 4.78 is 0. The number of aryl methyl sites for hydroxylation is 1. The Balaban J connectivity index is 2.13. The molecule has 3 heteroatoms. The first-order valence-electron chi connectivity index (χ1n) is 7.08. The van der Waals surface area contributed by atoms with Gasteiger partial charge in [-0.1, -0.05) is 26.7 Å². The number of fused-ring (bicyclic) bond motifs is 1. The van der Waals surface area contributed by atoms with Crippen molar-refractivity contribution >= 4 is 17.4 Å². The van der Waals surface area contributed by atoms with Gasteiger partial charge in [0.25, 0.3) is 0 Å². The zero-order valence-electron chi connectivity index (χ0n) is 11.7. The Morgan fingerprint density at radius 2 is 2.16 bits per heavy atom. The average molecular weight is 259 g/mol. The molecule has 1 heterocycles. The maximum absolute atomic E-state index is 12.3. The lowest BCUT2D eigenvalue weighted by atomic mass is 9.92. The van der Waals surface area contributed by atoms with Crippen LogP contribution in [0.4, 0.5) is 5.69 Å². The van der Waals surface area contributed by atoms with E-state index in [1.54, 1.807) is 0 Å². The van der Waals surface area contributed by atoms with Gasteiger partial charge in [-0.3, -0.25) is 9.59 Å². The van der Waals surface area contributed by atoms with Crippen molar-refractivity contribution in [2.45, 2.75) is 46.0 Å². The number of anilines is 1. The third kappa shape index (κ3) is 3.22. The van der Waals surface area contributed by atoms with E-state index in [-0.39, 0.29) is 17.6 Å². The molecule has 0 saturated heterocycles. The molecule has 1 aromatic carbocycles. The molecule has 1 amide bonds. The molecule has 0 saturated carbocycles. The predicted molar refractivity (Wildman–Crippen MR) is 76.4 cm³/mol. The van der Waals surface area contributed by atoms with E-state index in [0.717, 1.165) is 42.5 Å². The minimum atomic E-state index is 0.0582. The SMILES string of the molecule is CCCCC(C)C(=O)c1ccc2c(c1)CCC(=O)N2. The molecule has 1 aliphatic heterocycles. The molecule has 0 fully saturated rings. The number of rotatable bonds is 5. The van der Waals surface area contributed by atoms with Gasteiger partial charge in [-0.2, -0.15) is 0 Å². The van der Waals surface area contributed by atoms with Gasteiger partial charge in [0.2, 0.25) is 5.91 Å². The summed E-state index contributed by atoms with van der Waals surface area (Å²) in [6.45, 7) is 4.14. The quantitative estimate of drug-likeness (QED) is 0.821. The maximum Gasteiger partial charge on any atom is 0.224 e. The Labute approximate surface area is 114 Å². The van der Waals surface area contributed by atoms with Gasteiger partial charge in [0.15, 0.2) is 5.78 Å². The molecular weight excluding hydrogens is 238 g/mol. The molecule has 1 aliphatic rings. The Bertz CT molecular complexity index is 494. The smallest absolute Gasteiger partial charge is 0.224 e. The van der Waals surface area contributed by atoms with Crippen molar-refractivity contribution in [3.05, 3.63) is 29.3 Å². The van der Waals surface area contributed by atoms with Crippen LogP contribution < -0.4 is 5.32 Å². The highest BCUT2D eigenvalue weighted by atomic mass is 16.1. The summed E-state index contributed by atoms with van der Waals surface area (Å²) in [5.74, 6) is 0.354. The molecule has 2 rings (SSSR count). The van der Waals surface area contributed by atoms with Gasteiger partial charge in [0, 0.05) is 23.6 Å². The van der Waals surface area contributed by atoms with Crippen LogP contribution in [0.2, 0.25) is 0 Å². The maximum atomic E-state index is 12.3. The monoisotopic (exact) mass is 259 g/mol. The highest BCUT2D eigenvalue weighted by Crippen LogP contribution is 2.25. The third-order valence-electron chi connectivity index (χ3n) is 3.72. The number of carbonyl (C=O) groups is 2. The Morgan fingerprint density at radius 3 is 2.89 bits per heavy atom. The number of carbonyl (C=O) groups excluding carboxylic acids is 2. The van der Waals surface area contributed by atoms with Crippen molar-refractivity contribution in [3.63, 3.8) is 0 Å². The summed E-state index contributed by atoms with van der Waals surface area (Å²) in [5, 5.41) is 2.84. The number of nitrogens with one attached hydrogen (secondary N) is 1. The van der Waals surface area contributed by atoms with Crippen LogP contribution in [0.25, 0.3) is 0 Å². The molecule has 1 aromatic rings. The van der Waals surface area contributed by atoms with E-state index < -0.39 is 0 Å². The highest BCUT2D eigenvalue weighted by molar-refractivity contribution is 6.00. The standard InChI is InChI=1S/C16H21NO2/c1-3-4-5-11(2)16(19)13-6-8-14-12(10-13)7-9-15(18)17-14/h6,8,10-11H,3-5,7,9H2,1-2H3,(H,17,18). The fourth-order valence-electron chi connectivity index (χ4n) is 2.46. The number of Topliss-reactive ketones (excluding diaryl/α,β-unsaturated/α-hetero) is 1. The molecule has 1 atom stereocenters. The van der Waals surface area contributed by atoms with Crippen LogP contribution in [0.3, 0.4) is 0 Å². The van der Waals surface area contributed by atoms with Crippen molar-refractivity contribution in [2.75, 3.05) is 5.32 Å². The fourth-order valence-corrected chi connectivity index (χ4v) is 2.46. The average Bonchev–Trinajstić information content (AvgIpc) is 2.43. The molecule has 0 spiro atoms. The Morgan fingerprint density at radius 1 is 1.37 bits per heavy atom. The van der Waals surface area contributed by atoms with Gasteiger partial charge in [-0.05, 0) is 36.6 Å². The van der Waals surface area contributed by atoms with Gasteiger partial charge in [0.05, 0.1) is 0 Å². The Kier molecular flexibility index (Phi) is 4.35. The molecule has 102 valence electrons. The summed E-state index contributed by atoms with van der Waals surface area (Å²) in [5.41, 5.74) is 2.71. The van der Waals surface area contributed by atoms with E-state index in [4.69, 9.17) is 0 Å². The number of hydrogen-bond acceptors (Lipinski definition) is 2. The number of amides is 1. The van der Waals surface area contributed by atoms with Crippen molar-refractivity contribution in [1.29, 1.82) is 0 Å². The van der Waals surface area contributed by atoms with Crippen molar-refractivity contribution < 1.29 is 9.59 Å². The zero-order valence-corrected chi connectivity index (χ0v) is 11.7. The Hall–Kier alpha value is -1.64. The van der Waals surface area contributed by atoms with Crippen LogP contribution in [0.5, 0.6) is 0 Å². The highest BCUT2D eigenvalue weighted by Gasteiger charge is 2.19. The molecule has 1 N–H and O–H groups in total. The molecule has 0 bridgehead atoms. The van der Waals surface area contributed by atoms with E-state index in [1.807, 2.05) is 25.1 Å². The van der Waals surface area contributed by atoms with E-state index in [2.05, 4.69) is 12.2 Å². The lowest BCUT2D eigenvalue weighted by Crippen LogP contribution is -2.20. The second-order valence-electron chi connectivity index (χ2n) is 5.33. The second kappa shape index (κ2) is 6.00. The lowest BCUT2D eigenvalue weighted by molar-refractivity contribution is -0.116. The summed E-state index contributed by atoms with van der Waals surface area (Å²) in [4.78, 5) is 23.6. The largest absolute Gasteiger partial charge is 0.326 e. The van der Waals surface area contributed by atoms with E-state index >= 15 is 0 Å². The van der Waals surface area contributed by atoms with Gasteiger partial charge >= 0.3 is 0 Å². The fraction of sp³-hybridized carbons (Fsp3) is 0.500. The minimum absolute atomic E-state index is 0.0582. The van der Waals surface area contributed by atoms with E-state index in [9.17, 15) is 9.59 Å². The molecule has 0 aliphatic carbocycles. The van der Waals surface area contributed by atoms with Crippen LogP contribution in [0, 0.1) is 5.92 Å². The summed E-state index contributed by atoms with van der Waals surface area (Å²) in [6, 6.07) is 5.63. The summed E-state index contributed by atoms with van der Waals surface area (Å²) >= 11 is 0. The number of unbranched alkanes of at least 4 members (excludes halogenated alkanes) is 1. The first-order valence-corrected chi connectivity index (χ1v) is 7.08. The van der Waals surface area contributed by atoms with Crippen LogP contribution in [0.15, 0.2) is 18.2 Å². The summed E-state index contributed by atoms with van der Waals surface area (Å²) in [6.07, 6.45) is 4.40. The molecule has 1 unspecified atom stereocenters. The number of benzene rings is 1. The van der Waals surface area contributed by atoms with Crippen LogP contribution in [-0.2, 0) is 11.2 Å². The predicted octanol–water partition coefficient (Wildman–Crippen LogP) is 3.58. The molecule has 0 aromatic heterocycles.